The Morgan fingerprint density at radius 2 is 1.86 bits per heavy atom. The van der Waals surface area contributed by atoms with Crippen molar-refractivity contribution in [2.75, 3.05) is 31.1 Å². The molecule has 2 aliphatic heterocycles. The average molecular weight is 289 g/mol. The van der Waals surface area contributed by atoms with Gasteiger partial charge >= 0.3 is 0 Å². The van der Waals surface area contributed by atoms with Gasteiger partial charge in [0.1, 0.15) is 0 Å². The van der Waals surface area contributed by atoms with E-state index in [9.17, 15) is 0 Å². The van der Waals surface area contributed by atoms with Crippen LogP contribution in [-0.2, 0) is 6.54 Å². The lowest BCUT2D eigenvalue weighted by Crippen LogP contribution is -2.47. The van der Waals surface area contributed by atoms with Crippen molar-refractivity contribution in [3.05, 3.63) is 17.5 Å². The lowest BCUT2D eigenvalue weighted by atomic mass is 10.00. The first kappa shape index (κ1) is 14.7. The van der Waals surface area contributed by atoms with Gasteiger partial charge in [0.25, 0.3) is 0 Å². The van der Waals surface area contributed by atoms with Crippen LogP contribution in [0.5, 0.6) is 0 Å². The number of hydrogen-bond donors (Lipinski definition) is 1. The highest BCUT2D eigenvalue weighted by molar-refractivity contribution is 5.33. The smallest absolute Gasteiger partial charge is 0.225 e. The zero-order valence-corrected chi connectivity index (χ0v) is 13.1. The van der Waals surface area contributed by atoms with Gasteiger partial charge in [0.05, 0.1) is 0 Å². The summed E-state index contributed by atoms with van der Waals surface area (Å²) >= 11 is 0. The van der Waals surface area contributed by atoms with E-state index in [1.807, 2.05) is 13.1 Å². The lowest BCUT2D eigenvalue weighted by molar-refractivity contribution is 0.141. The molecule has 1 aromatic heterocycles. The van der Waals surface area contributed by atoms with Crippen LogP contribution in [0.3, 0.4) is 0 Å². The molecule has 3 rings (SSSR count). The molecular weight excluding hydrogens is 262 g/mol. The highest BCUT2D eigenvalue weighted by Gasteiger charge is 2.26. The van der Waals surface area contributed by atoms with Gasteiger partial charge in [-0.15, -0.1) is 0 Å². The summed E-state index contributed by atoms with van der Waals surface area (Å²) < 4.78 is 0. The molecule has 5 nitrogen and oxygen atoms in total. The Morgan fingerprint density at radius 3 is 2.48 bits per heavy atom. The Hall–Kier alpha value is -1.20. The Kier molecular flexibility index (Phi) is 4.70. The summed E-state index contributed by atoms with van der Waals surface area (Å²) in [7, 11) is 0. The van der Waals surface area contributed by atoms with Gasteiger partial charge in [-0.25, -0.2) is 9.97 Å². The first-order chi connectivity index (χ1) is 10.3. The van der Waals surface area contributed by atoms with Crippen LogP contribution in [0.15, 0.2) is 6.20 Å². The second-order valence-corrected chi connectivity index (χ2v) is 6.30. The third-order valence-electron chi connectivity index (χ3n) is 4.94. The van der Waals surface area contributed by atoms with Gasteiger partial charge in [-0.1, -0.05) is 6.42 Å². The molecule has 0 amide bonds. The van der Waals surface area contributed by atoms with Gasteiger partial charge < -0.3 is 15.5 Å². The largest absolute Gasteiger partial charge is 0.341 e. The second-order valence-electron chi connectivity index (χ2n) is 6.30. The van der Waals surface area contributed by atoms with Gasteiger partial charge in [0, 0.05) is 43.1 Å². The number of nitrogens with zero attached hydrogens (tertiary/aromatic N) is 4. The standard InChI is InChI=1S/C16H27N5/c1-13-14(11-17)12-18-16(19-13)21-9-5-15(6-10-21)20-7-3-2-4-8-20/h12,15H,2-11,17H2,1H3. The first-order valence-electron chi connectivity index (χ1n) is 8.29. The number of aromatic nitrogens is 2. The number of nitrogens with two attached hydrogens (primary N) is 1. The molecule has 0 atom stereocenters. The monoisotopic (exact) mass is 289 g/mol. The summed E-state index contributed by atoms with van der Waals surface area (Å²) in [6.45, 7) is 7.28. The van der Waals surface area contributed by atoms with Crippen molar-refractivity contribution in [1.29, 1.82) is 0 Å². The zero-order chi connectivity index (χ0) is 14.7. The van der Waals surface area contributed by atoms with Crippen molar-refractivity contribution in [1.82, 2.24) is 14.9 Å². The van der Waals surface area contributed by atoms with E-state index in [2.05, 4.69) is 19.8 Å². The van der Waals surface area contributed by atoms with Crippen molar-refractivity contribution < 1.29 is 0 Å². The number of aryl methyl sites for hydroxylation is 1. The number of likely N-dealkylation sites (tertiary alicyclic amines) is 1. The van der Waals surface area contributed by atoms with E-state index < -0.39 is 0 Å². The van der Waals surface area contributed by atoms with Crippen LogP contribution in [-0.4, -0.2) is 47.1 Å². The molecule has 0 aromatic carbocycles. The molecule has 0 aliphatic carbocycles. The molecule has 2 N–H and O–H groups in total. The van der Waals surface area contributed by atoms with E-state index in [-0.39, 0.29) is 0 Å². The third kappa shape index (κ3) is 3.35. The van der Waals surface area contributed by atoms with Gasteiger partial charge in [-0.2, -0.15) is 0 Å². The fourth-order valence-electron chi connectivity index (χ4n) is 3.55. The van der Waals surface area contributed by atoms with E-state index in [1.165, 1.54) is 45.2 Å². The van der Waals surface area contributed by atoms with Gasteiger partial charge in [0.15, 0.2) is 0 Å². The predicted molar refractivity (Wildman–Crippen MR) is 85.3 cm³/mol. The van der Waals surface area contributed by atoms with Crippen molar-refractivity contribution in [3.63, 3.8) is 0 Å². The topological polar surface area (TPSA) is 58.3 Å². The van der Waals surface area contributed by atoms with E-state index in [0.717, 1.165) is 36.3 Å². The summed E-state index contributed by atoms with van der Waals surface area (Å²) in [5.74, 6) is 0.877. The Morgan fingerprint density at radius 1 is 1.14 bits per heavy atom. The van der Waals surface area contributed by atoms with Gasteiger partial charge in [-0.05, 0) is 45.7 Å². The minimum absolute atomic E-state index is 0.517. The minimum atomic E-state index is 0.517. The van der Waals surface area contributed by atoms with Crippen LogP contribution in [0.1, 0.15) is 43.4 Å². The van der Waals surface area contributed by atoms with Crippen molar-refractivity contribution >= 4 is 5.95 Å². The summed E-state index contributed by atoms with van der Waals surface area (Å²) in [5.41, 5.74) is 7.74. The molecule has 5 heteroatoms. The summed E-state index contributed by atoms with van der Waals surface area (Å²) in [4.78, 5) is 14.1. The Labute approximate surface area is 127 Å². The maximum Gasteiger partial charge on any atom is 0.225 e. The molecule has 0 spiro atoms. The second kappa shape index (κ2) is 6.71. The number of hydrogen-bond acceptors (Lipinski definition) is 5. The average Bonchev–Trinajstić information content (AvgIpc) is 2.56. The van der Waals surface area contributed by atoms with Crippen molar-refractivity contribution in [3.8, 4) is 0 Å². The van der Waals surface area contributed by atoms with E-state index >= 15 is 0 Å². The van der Waals surface area contributed by atoms with Crippen LogP contribution in [0.25, 0.3) is 0 Å². The molecule has 21 heavy (non-hydrogen) atoms. The lowest BCUT2D eigenvalue weighted by Gasteiger charge is -2.40. The van der Waals surface area contributed by atoms with Crippen LogP contribution < -0.4 is 10.6 Å². The molecule has 0 unspecified atom stereocenters. The SMILES string of the molecule is Cc1nc(N2CCC(N3CCCCC3)CC2)ncc1CN. The maximum atomic E-state index is 5.68. The van der Waals surface area contributed by atoms with Crippen LogP contribution in [0.2, 0.25) is 0 Å². The highest BCUT2D eigenvalue weighted by atomic mass is 15.3. The summed E-state index contributed by atoms with van der Waals surface area (Å²) in [5, 5.41) is 0. The Balaban J connectivity index is 1.58. The highest BCUT2D eigenvalue weighted by Crippen LogP contribution is 2.23. The minimum Gasteiger partial charge on any atom is -0.341 e. The van der Waals surface area contributed by atoms with Crippen LogP contribution in [0, 0.1) is 6.92 Å². The molecule has 116 valence electrons. The zero-order valence-electron chi connectivity index (χ0n) is 13.1. The normalized spacial score (nSPS) is 21.7. The van der Waals surface area contributed by atoms with Crippen molar-refractivity contribution in [2.45, 2.75) is 51.6 Å². The predicted octanol–water partition coefficient (Wildman–Crippen LogP) is 1.70. The molecule has 0 radical (unpaired) electrons. The van der Waals surface area contributed by atoms with Crippen LogP contribution >= 0.6 is 0 Å². The first-order valence-corrected chi connectivity index (χ1v) is 8.29. The molecule has 2 fully saturated rings. The molecule has 3 heterocycles. The van der Waals surface area contributed by atoms with Gasteiger partial charge in [0.2, 0.25) is 5.95 Å². The quantitative estimate of drug-likeness (QED) is 0.918. The fraction of sp³-hybridized carbons (Fsp3) is 0.750. The van der Waals surface area contributed by atoms with E-state index in [4.69, 9.17) is 5.73 Å². The molecule has 2 aliphatic rings. The van der Waals surface area contributed by atoms with E-state index in [1.54, 1.807) is 0 Å². The molecular formula is C16H27N5. The molecule has 0 bridgehead atoms. The summed E-state index contributed by atoms with van der Waals surface area (Å²) in [6.07, 6.45) is 8.53. The number of piperidine rings is 2. The number of rotatable bonds is 3. The van der Waals surface area contributed by atoms with Crippen molar-refractivity contribution in [2.24, 2.45) is 5.73 Å². The molecule has 2 saturated heterocycles. The van der Waals surface area contributed by atoms with Gasteiger partial charge in [-0.3, -0.25) is 0 Å². The van der Waals surface area contributed by atoms with E-state index in [0.29, 0.717) is 6.54 Å². The third-order valence-corrected chi connectivity index (χ3v) is 4.94. The number of anilines is 1. The Bertz CT molecular complexity index is 462. The summed E-state index contributed by atoms with van der Waals surface area (Å²) in [6, 6.07) is 0.769. The fourth-order valence-corrected chi connectivity index (χ4v) is 3.55. The van der Waals surface area contributed by atoms with Crippen LogP contribution in [0.4, 0.5) is 5.95 Å². The molecule has 1 aromatic rings. The maximum absolute atomic E-state index is 5.68. The molecule has 0 saturated carbocycles.